The standard InChI is InChI=1S/C26H27NO3/c1-4-22-12-8-9-19(2)26(22)27-25(28)16-14-20-13-15-23(24(17-20)29-3)30-18-21-10-6-5-7-11-21/h5-17H,4,18H2,1-3H3,(H,27,28). The first-order chi connectivity index (χ1) is 14.6. The molecule has 4 nitrogen and oxygen atoms in total. The lowest BCUT2D eigenvalue weighted by molar-refractivity contribution is -0.111. The third kappa shape index (κ3) is 5.51. The molecule has 0 fully saturated rings. The van der Waals surface area contributed by atoms with Gasteiger partial charge in [-0.2, -0.15) is 0 Å². The number of para-hydroxylation sites is 1. The van der Waals surface area contributed by atoms with Crippen molar-refractivity contribution in [2.75, 3.05) is 12.4 Å². The van der Waals surface area contributed by atoms with E-state index in [2.05, 4.69) is 12.2 Å². The maximum absolute atomic E-state index is 12.4. The van der Waals surface area contributed by atoms with Gasteiger partial charge in [0, 0.05) is 11.8 Å². The third-order valence-electron chi connectivity index (χ3n) is 4.84. The summed E-state index contributed by atoms with van der Waals surface area (Å²) >= 11 is 0. The molecule has 0 aliphatic carbocycles. The topological polar surface area (TPSA) is 47.6 Å². The molecule has 0 radical (unpaired) electrons. The van der Waals surface area contributed by atoms with Crippen molar-refractivity contribution < 1.29 is 14.3 Å². The Balaban J connectivity index is 1.67. The molecule has 0 aliphatic heterocycles. The van der Waals surface area contributed by atoms with E-state index in [1.54, 1.807) is 13.2 Å². The van der Waals surface area contributed by atoms with Crippen LogP contribution in [-0.2, 0) is 17.8 Å². The summed E-state index contributed by atoms with van der Waals surface area (Å²) in [6.07, 6.45) is 4.16. The fourth-order valence-corrected chi connectivity index (χ4v) is 3.18. The molecule has 4 heteroatoms. The van der Waals surface area contributed by atoms with Crippen LogP contribution in [0.5, 0.6) is 11.5 Å². The molecule has 0 bridgehead atoms. The lowest BCUT2D eigenvalue weighted by atomic mass is 10.1. The number of anilines is 1. The largest absolute Gasteiger partial charge is 0.493 e. The van der Waals surface area contributed by atoms with Gasteiger partial charge in [0.25, 0.3) is 0 Å². The summed E-state index contributed by atoms with van der Waals surface area (Å²) in [4.78, 5) is 12.4. The maximum Gasteiger partial charge on any atom is 0.248 e. The monoisotopic (exact) mass is 401 g/mol. The van der Waals surface area contributed by atoms with Gasteiger partial charge in [-0.15, -0.1) is 0 Å². The van der Waals surface area contributed by atoms with Gasteiger partial charge in [-0.1, -0.05) is 61.5 Å². The van der Waals surface area contributed by atoms with Crippen LogP contribution in [0.4, 0.5) is 5.69 Å². The molecule has 0 spiro atoms. The van der Waals surface area contributed by atoms with Crippen molar-refractivity contribution in [1.82, 2.24) is 0 Å². The molecule has 3 aromatic rings. The first-order valence-corrected chi connectivity index (χ1v) is 10.0. The van der Waals surface area contributed by atoms with Crippen LogP contribution in [0.1, 0.15) is 29.2 Å². The average molecular weight is 402 g/mol. The fraction of sp³-hybridized carbons (Fsp3) is 0.192. The zero-order valence-electron chi connectivity index (χ0n) is 17.6. The summed E-state index contributed by atoms with van der Waals surface area (Å²) in [6.45, 7) is 4.54. The smallest absolute Gasteiger partial charge is 0.248 e. The van der Waals surface area contributed by atoms with Gasteiger partial charge in [0.15, 0.2) is 11.5 Å². The van der Waals surface area contributed by atoms with Gasteiger partial charge >= 0.3 is 0 Å². The number of ether oxygens (including phenoxy) is 2. The minimum Gasteiger partial charge on any atom is -0.493 e. The summed E-state index contributed by atoms with van der Waals surface area (Å²) in [5.74, 6) is 1.12. The molecule has 1 amide bonds. The molecule has 0 saturated heterocycles. The number of carbonyl (C=O) groups excluding carboxylic acids is 1. The van der Waals surface area contributed by atoms with Crippen LogP contribution < -0.4 is 14.8 Å². The van der Waals surface area contributed by atoms with E-state index >= 15 is 0 Å². The SMILES string of the molecule is CCc1cccc(C)c1NC(=O)C=Cc1ccc(OCc2ccccc2)c(OC)c1. The molecule has 0 aromatic heterocycles. The number of amides is 1. The van der Waals surface area contributed by atoms with Crippen molar-refractivity contribution in [2.45, 2.75) is 26.9 Å². The highest BCUT2D eigenvalue weighted by atomic mass is 16.5. The second-order valence-corrected chi connectivity index (χ2v) is 6.97. The Labute approximate surface area is 178 Å². The van der Waals surface area contributed by atoms with E-state index in [0.29, 0.717) is 18.1 Å². The van der Waals surface area contributed by atoms with Crippen LogP contribution in [0, 0.1) is 6.92 Å². The lowest BCUT2D eigenvalue weighted by Crippen LogP contribution is -2.11. The Morgan fingerprint density at radius 3 is 2.53 bits per heavy atom. The van der Waals surface area contributed by atoms with Crippen molar-refractivity contribution in [1.29, 1.82) is 0 Å². The van der Waals surface area contributed by atoms with E-state index in [1.807, 2.05) is 73.7 Å². The number of benzene rings is 3. The van der Waals surface area contributed by atoms with Crippen molar-refractivity contribution in [3.8, 4) is 11.5 Å². The Bertz CT molecular complexity index is 1030. The van der Waals surface area contributed by atoms with Gasteiger partial charge in [-0.05, 0) is 53.8 Å². The Morgan fingerprint density at radius 2 is 1.80 bits per heavy atom. The van der Waals surface area contributed by atoms with Crippen LogP contribution in [0.15, 0.2) is 72.8 Å². The zero-order chi connectivity index (χ0) is 21.3. The van der Waals surface area contributed by atoms with E-state index in [4.69, 9.17) is 9.47 Å². The van der Waals surface area contributed by atoms with Crippen LogP contribution in [0.3, 0.4) is 0 Å². The van der Waals surface area contributed by atoms with Crippen molar-refractivity contribution >= 4 is 17.7 Å². The molecule has 3 aromatic carbocycles. The van der Waals surface area contributed by atoms with Crippen molar-refractivity contribution in [3.63, 3.8) is 0 Å². The second-order valence-electron chi connectivity index (χ2n) is 6.97. The summed E-state index contributed by atoms with van der Waals surface area (Å²) in [5.41, 5.74) is 5.00. The number of carbonyl (C=O) groups is 1. The van der Waals surface area contributed by atoms with E-state index in [9.17, 15) is 4.79 Å². The number of hydrogen-bond donors (Lipinski definition) is 1. The summed E-state index contributed by atoms with van der Waals surface area (Å²) in [6, 6.07) is 21.6. The van der Waals surface area contributed by atoms with E-state index in [-0.39, 0.29) is 5.91 Å². The summed E-state index contributed by atoms with van der Waals surface area (Å²) in [7, 11) is 1.61. The van der Waals surface area contributed by atoms with Gasteiger partial charge in [0.1, 0.15) is 6.61 Å². The number of aryl methyl sites for hydroxylation is 2. The lowest BCUT2D eigenvalue weighted by Gasteiger charge is -2.12. The zero-order valence-corrected chi connectivity index (χ0v) is 17.6. The quantitative estimate of drug-likeness (QED) is 0.486. The molecule has 1 N–H and O–H groups in total. The van der Waals surface area contributed by atoms with Crippen molar-refractivity contribution in [3.05, 3.63) is 95.1 Å². The molecule has 0 saturated carbocycles. The summed E-state index contributed by atoms with van der Waals surface area (Å²) < 4.78 is 11.3. The number of methoxy groups -OCH3 is 1. The van der Waals surface area contributed by atoms with E-state index in [1.165, 1.54) is 6.08 Å². The molecule has 0 atom stereocenters. The predicted molar refractivity (Wildman–Crippen MR) is 122 cm³/mol. The maximum atomic E-state index is 12.4. The fourth-order valence-electron chi connectivity index (χ4n) is 3.18. The normalized spacial score (nSPS) is 10.8. The summed E-state index contributed by atoms with van der Waals surface area (Å²) in [5, 5.41) is 3.00. The molecule has 154 valence electrons. The molecular weight excluding hydrogens is 374 g/mol. The van der Waals surface area contributed by atoms with Crippen molar-refractivity contribution in [2.24, 2.45) is 0 Å². The Kier molecular flexibility index (Phi) is 7.28. The first kappa shape index (κ1) is 21.2. The molecule has 0 aliphatic rings. The Morgan fingerprint density at radius 1 is 1.00 bits per heavy atom. The highest BCUT2D eigenvalue weighted by molar-refractivity contribution is 6.02. The highest BCUT2D eigenvalue weighted by Gasteiger charge is 2.08. The number of hydrogen-bond acceptors (Lipinski definition) is 3. The number of nitrogens with one attached hydrogen (secondary N) is 1. The average Bonchev–Trinajstić information content (AvgIpc) is 2.78. The molecule has 0 heterocycles. The van der Waals surface area contributed by atoms with Crippen LogP contribution in [-0.4, -0.2) is 13.0 Å². The van der Waals surface area contributed by atoms with Crippen LogP contribution >= 0.6 is 0 Å². The van der Waals surface area contributed by atoms with E-state index in [0.717, 1.165) is 34.4 Å². The first-order valence-electron chi connectivity index (χ1n) is 10.0. The minimum absolute atomic E-state index is 0.164. The highest BCUT2D eigenvalue weighted by Crippen LogP contribution is 2.29. The van der Waals surface area contributed by atoms with Gasteiger partial charge in [-0.25, -0.2) is 0 Å². The third-order valence-corrected chi connectivity index (χ3v) is 4.84. The van der Waals surface area contributed by atoms with Gasteiger partial charge in [0.05, 0.1) is 7.11 Å². The van der Waals surface area contributed by atoms with Crippen LogP contribution in [0.2, 0.25) is 0 Å². The molecule has 3 rings (SSSR count). The number of rotatable bonds is 8. The molecule has 0 unspecified atom stereocenters. The van der Waals surface area contributed by atoms with Crippen LogP contribution in [0.25, 0.3) is 6.08 Å². The molecular formula is C26H27NO3. The second kappa shape index (κ2) is 10.3. The minimum atomic E-state index is -0.164. The molecule has 30 heavy (non-hydrogen) atoms. The Hall–Kier alpha value is -3.53. The van der Waals surface area contributed by atoms with Gasteiger partial charge < -0.3 is 14.8 Å². The van der Waals surface area contributed by atoms with Gasteiger partial charge in [-0.3, -0.25) is 4.79 Å². The predicted octanol–water partition coefficient (Wildman–Crippen LogP) is 5.80. The van der Waals surface area contributed by atoms with E-state index < -0.39 is 0 Å². The van der Waals surface area contributed by atoms with Gasteiger partial charge in [0.2, 0.25) is 5.91 Å².